The highest BCUT2D eigenvalue weighted by Gasteiger charge is 2.04. The first-order chi connectivity index (χ1) is 9.69. The van der Waals surface area contributed by atoms with Crippen molar-refractivity contribution in [1.82, 2.24) is 10.3 Å². The van der Waals surface area contributed by atoms with Gasteiger partial charge in [-0.2, -0.15) is 0 Å². The molecule has 1 N–H and O–H groups in total. The Labute approximate surface area is 124 Å². The summed E-state index contributed by atoms with van der Waals surface area (Å²) in [5.74, 6) is 1.55. The van der Waals surface area contributed by atoms with Crippen LogP contribution in [0.2, 0.25) is 5.02 Å². The number of rotatable bonds is 6. The zero-order valence-electron chi connectivity index (χ0n) is 11.8. The number of benzene rings is 1. The smallest absolute Gasteiger partial charge is 0.131 e. The van der Waals surface area contributed by atoms with Gasteiger partial charge in [0, 0.05) is 23.8 Å². The van der Waals surface area contributed by atoms with Gasteiger partial charge in [0.15, 0.2) is 0 Å². The number of nitrogens with zero attached hydrogens (tertiary/aromatic N) is 1. The van der Waals surface area contributed by atoms with E-state index in [2.05, 4.69) is 17.2 Å². The lowest BCUT2D eigenvalue weighted by molar-refractivity contribution is 0.476. The number of ether oxygens (including phenoxy) is 1. The molecule has 0 aliphatic rings. The minimum atomic E-state index is 0.671. The zero-order valence-corrected chi connectivity index (χ0v) is 12.6. The Bertz CT molecular complexity index is 572. The molecule has 0 bridgehead atoms. The molecule has 0 radical (unpaired) electrons. The average molecular weight is 291 g/mol. The molecule has 0 atom stereocenters. The number of halogens is 1. The molecular weight excluding hydrogens is 272 g/mol. The van der Waals surface area contributed by atoms with Crippen LogP contribution in [0.3, 0.4) is 0 Å². The molecule has 0 saturated heterocycles. The van der Waals surface area contributed by atoms with Crippen LogP contribution < -0.4 is 10.1 Å². The first kappa shape index (κ1) is 14.8. The van der Waals surface area contributed by atoms with E-state index in [1.54, 1.807) is 6.20 Å². The van der Waals surface area contributed by atoms with Gasteiger partial charge in [-0.25, -0.2) is 0 Å². The lowest BCUT2D eigenvalue weighted by Crippen LogP contribution is -2.14. The Morgan fingerprint density at radius 2 is 2.10 bits per heavy atom. The summed E-state index contributed by atoms with van der Waals surface area (Å²) < 4.78 is 5.88. The summed E-state index contributed by atoms with van der Waals surface area (Å²) in [6.07, 6.45) is 2.87. The van der Waals surface area contributed by atoms with Crippen LogP contribution >= 0.6 is 11.6 Å². The lowest BCUT2D eigenvalue weighted by Gasteiger charge is -2.10. The highest BCUT2D eigenvalue weighted by atomic mass is 35.5. The number of pyridine rings is 1. The largest absolute Gasteiger partial charge is 0.457 e. The molecule has 4 heteroatoms. The predicted molar refractivity (Wildman–Crippen MR) is 82.5 cm³/mol. The van der Waals surface area contributed by atoms with E-state index < -0.39 is 0 Å². The molecule has 0 unspecified atom stereocenters. The van der Waals surface area contributed by atoms with E-state index >= 15 is 0 Å². The van der Waals surface area contributed by atoms with E-state index in [0.29, 0.717) is 5.02 Å². The van der Waals surface area contributed by atoms with E-state index in [9.17, 15) is 0 Å². The fourth-order valence-corrected chi connectivity index (χ4v) is 1.98. The van der Waals surface area contributed by atoms with Gasteiger partial charge in [-0.15, -0.1) is 0 Å². The standard InChI is InChI=1S/C16H19ClN2O/c1-3-7-18-11-14-10-15(6-8-19-14)20-16-9-13(17)5-4-12(16)2/h4-6,8-10,18H,3,7,11H2,1-2H3. The molecule has 1 heterocycles. The molecule has 1 aromatic heterocycles. The van der Waals surface area contributed by atoms with Gasteiger partial charge in [-0.1, -0.05) is 24.6 Å². The van der Waals surface area contributed by atoms with Gasteiger partial charge in [0.1, 0.15) is 11.5 Å². The maximum Gasteiger partial charge on any atom is 0.131 e. The van der Waals surface area contributed by atoms with Gasteiger partial charge in [-0.3, -0.25) is 4.98 Å². The third-order valence-corrected chi connectivity index (χ3v) is 3.13. The minimum absolute atomic E-state index is 0.671. The van der Waals surface area contributed by atoms with Crippen molar-refractivity contribution in [3.8, 4) is 11.5 Å². The Morgan fingerprint density at radius 1 is 1.25 bits per heavy atom. The van der Waals surface area contributed by atoms with Crippen molar-refractivity contribution in [2.45, 2.75) is 26.8 Å². The van der Waals surface area contributed by atoms with Crippen LogP contribution in [0.4, 0.5) is 0 Å². The normalized spacial score (nSPS) is 10.6. The van der Waals surface area contributed by atoms with Crippen molar-refractivity contribution in [1.29, 1.82) is 0 Å². The summed E-state index contributed by atoms with van der Waals surface area (Å²) in [7, 11) is 0. The van der Waals surface area contributed by atoms with Gasteiger partial charge in [0.2, 0.25) is 0 Å². The van der Waals surface area contributed by atoms with Crippen molar-refractivity contribution in [3.63, 3.8) is 0 Å². The summed E-state index contributed by atoms with van der Waals surface area (Å²) in [5, 5.41) is 3.99. The summed E-state index contributed by atoms with van der Waals surface area (Å²) in [6.45, 7) is 5.87. The summed E-state index contributed by atoms with van der Waals surface area (Å²) in [5.41, 5.74) is 2.02. The molecule has 2 rings (SSSR count). The fraction of sp³-hybridized carbons (Fsp3) is 0.312. The van der Waals surface area contributed by atoms with Gasteiger partial charge < -0.3 is 10.1 Å². The number of nitrogens with one attached hydrogen (secondary N) is 1. The van der Waals surface area contributed by atoms with Crippen LogP contribution in [0.15, 0.2) is 36.5 Å². The first-order valence-corrected chi connectivity index (χ1v) is 7.16. The fourth-order valence-electron chi connectivity index (χ4n) is 1.82. The molecule has 20 heavy (non-hydrogen) atoms. The Morgan fingerprint density at radius 3 is 2.90 bits per heavy atom. The molecular formula is C16H19ClN2O. The van der Waals surface area contributed by atoms with E-state index in [4.69, 9.17) is 16.3 Å². The lowest BCUT2D eigenvalue weighted by atomic mass is 10.2. The zero-order chi connectivity index (χ0) is 14.4. The van der Waals surface area contributed by atoms with E-state index in [0.717, 1.165) is 42.3 Å². The summed E-state index contributed by atoms with van der Waals surface area (Å²) in [6, 6.07) is 9.43. The first-order valence-electron chi connectivity index (χ1n) is 6.78. The van der Waals surface area contributed by atoms with Crippen molar-refractivity contribution in [3.05, 3.63) is 52.8 Å². The highest BCUT2D eigenvalue weighted by molar-refractivity contribution is 6.30. The monoisotopic (exact) mass is 290 g/mol. The van der Waals surface area contributed by atoms with Crippen LogP contribution in [0, 0.1) is 6.92 Å². The minimum Gasteiger partial charge on any atom is -0.457 e. The quantitative estimate of drug-likeness (QED) is 0.804. The number of hydrogen-bond acceptors (Lipinski definition) is 3. The van der Waals surface area contributed by atoms with Crippen molar-refractivity contribution < 1.29 is 4.74 Å². The third-order valence-electron chi connectivity index (χ3n) is 2.90. The maximum absolute atomic E-state index is 6.00. The van der Waals surface area contributed by atoms with Crippen LogP contribution in [-0.4, -0.2) is 11.5 Å². The van der Waals surface area contributed by atoms with Crippen LogP contribution in [0.5, 0.6) is 11.5 Å². The topological polar surface area (TPSA) is 34.1 Å². The Balaban J connectivity index is 2.09. The molecule has 0 saturated carbocycles. The predicted octanol–water partition coefficient (Wildman–Crippen LogP) is 4.34. The van der Waals surface area contributed by atoms with Crippen molar-refractivity contribution in [2.75, 3.05) is 6.54 Å². The summed E-state index contributed by atoms with van der Waals surface area (Å²) in [4.78, 5) is 4.32. The van der Waals surface area contributed by atoms with Crippen LogP contribution in [-0.2, 0) is 6.54 Å². The molecule has 0 aliphatic heterocycles. The van der Waals surface area contributed by atoms with Gasteiger partial charge >= 0.3 is 0 Å². The van der Waals surface area contributed by atoms with Gasteiger partial charge in [-0.05, 0) is 43.7 Å². The Kier molecular flexibility index (Phi) is 5.39. The molecule has 1 aromatic carbocycles. The van der Waals surface area contributed by atoms with Crippen LogP contribution in [0.25, 0.3) is 0 Å². The molecule has 0 aliphatic carbocycles. The van der Waals surface area contributed by atoms with E-state index in [1.165, 1.54) is 0 Å². The molecule has 0 spiro atoms. The third kappa shape index (κ3) is 4.22. The molecule has 2 aromatic rings. The van der Waals surface area contributed by atoms with Gasteiger partial charge in [0.05, 0.1) is 5.69 Å². The molecule has 0 amide bonds. The second-order valence-corrected chi connectivity index (χ2v) is 5.11. The number of aromatic nitrogens is 1. The van der Waals surface area contributed by atoms with E-state index in [1.807, 2.05) is 37.3 Å². The molecule has 0 fully saturated rings. The Hall–Kier alpha value is -1.58. The maximum atomic E-state index is 6.00. The number of aryl methyl sites for hydroxylation is 1. The average Bonchev–Trinajstić information content (AvgIpc) is 2.44. The van der Waals surface area contributed by atoms with Crippen molar-refractivity contribution in [2.24, 2.45) is 0 Å². The SMILES string of the molecule is CCCNCc1cc(Oc2cc(Cl)ccc2C)ccn1. The van der Waals surface area contributed by atoms with Crippen LogP contribution in [0.1, 0.15) is 24.6 Å². The van der Waals surface area contributed by atoms with E-state index in [-0.39, 0.29) is 0 Å². The number of hydrogen-bond donors (Lipinski definition) is 1. The van der Waals surface area contributed by atoms with Crippen molar-refractivity contribution >= 4 is 11.6 Å². The second kappa shape index (κ2) is 7.27. The molecule has 3 nitrogen and oxygen atoms in total. The second-order valence-electron chi connectivity index (χ2n) is 4.67. The molecule has 106 valence electrons. The highest BCUT2D eigenvalue weighted by Crippen LogP contribution is 2.27. The summed E-state index contributed by atoms with van der Waals surface area (Å²) >= 11 is 6.00. The van der Waals surface area contributed by atoms with Gasteiger partial charge in [0.25, 0.3) is 0 Å².